The fourth-order valence-electron chi connectivity index (χ4n) is 2.06. The third-order valence-corrected chi connectivity index (χ3v) is 3.32. The van der Waals surface area contributed by atoms with Crippen molar-refractivity contribution >= 4 is 34.7 Å². The molecular formula is C17H12ClNO. The largest absolute Gasteiger partial charge is 0.508 e. The standard InChI is InChI=1S/C17H12ClNO/c18-14-5-8-16-13(9-10-19-17(16)11-14)4-1-12-2-6-15(20)7-3-12/h1-11,20H. The molecule has 0 radical (unpaired) electrons. The number of rotatable bonds is 2. The Morgan fingerprint density at radius 2 is 1.75 bits per heavy atom. The SMILES string of the molecule is Oc1ccc(C=Cc2ccnc3cc(Cl)ccc23)cc1. The normalized spacial score (nSPS) is 11.2. The first kappa shape index (κ1) is 12.7. The third kappa shape index (κ3) is 2.65. The molecule has 3 rings (SSSR count). The number of aromatic nitrogens is 1. The number of aromatic hydroxyl groups is 1. The second-order valence-corrected chi connectivity index (χ2v) is 4.92. The third-order valence-electron chi connectivity index (χ3n) is 3.09. The average molecular weight is 282 g/mol. The van der Waals surface area contributed by atoms with Crippen molar-refractivity contribution in [3.8, 4) is 5.75 Å². The Morgan fingerprint density at radius 1 is 0.950 bits per heavy atom. The zero-order valence-corrected chi connectivity index (χ0v) is 11.4. The van der Waals surface area contributed by atoms with Crippen molar-refractivity contribution in [1.29, 1.82) is 0 Å². The highest BCUT2D eigenvalue weighted by Crippen LogP contribution is 2.22. The van der Waals surface area contributed by atoms with Crippen LogP contribution in [0.25, 0.3) is 23.1 Å². The zero-order valence-electron chi connectivity index (χ0n) is 10.6. The van der Waals surface area contributed by atoms with Gasteiger partial charge in [-0.05, 0) is 41.5 Å². The summed E-state index contributed by atoms with van der Waals surface area (Å²) in [6.07, 6.45) is 5.81. The molecule has 0 saturated heterocycles. The van der Waals surface area contributed by atoms with Crippen LogP contribution < -0.4 is 0 Å². The van der Waals surface area contributed by atoms with E-state index in [9.17, 15) is 5.11 Å². The maximum Gasteiger partial charge on any atom is 0.115 e. The van der Waals surface area contributed by atoms with E-state index in [2.05, 4.69) is 4.98 Å². The number of halogens is 1. The van der Waals surface area contributed by atoms with Gasteiger partial charge < -0.3 is 5.11 Å². The molecule has 0 atom stereocenters. The van der Waals surface area contributed by atoms with E-state index in [0.29, 0.717) is 5.02 Å². The summed E-state index contributed by atoms with van der Waals surface area (Å²) in [6, 6.07) is 14.7. The fraction of sp³-hybridized carbons (Fsp3) is 0. The highest BCUT2D eigenvalue weighted by atomic mass is 35.5. The molecule has 0 aliphatic rings. The van der Waals surface area contributed by atoms with E-state index in [-0.39, 0.29) is 5.75 Å². The molecular weight excluding hydrogens is 270 g/mol. The summed E-state index contributed by atoms with van der Waals surface area (Å²) in [6.45, 7) is 0. The van der Waals surface area contributed by atoms with Gasteiger partial charge >= 0.3 is 0 Å². The van der Waals surface area contributed by atoms with Gasteiger partial charge in [0.15, 0.2) is 0 Å². The number of nitrogens with zero attached hydrogens (tertiary/aromatic N) is 1. The molecule has 0 aliphatic heterocycles. The minimum atomic E-state index is 0.270. The fourth-order valence-corrected chi connectivity index (χ4v) is 2.23. The van der Waals surface area contributed by atoms with Crippen molar-refractivity contribution in [1.82, 2.24) is 4.98 Å². The Kier molecular flexibility index (Phi) is 3.40. The Balaban J connectivity index is 2.00. The van der Waals surface area contributed by atoms with Crippen molar-refractivity contribution in [3.05, 3.63) is 70.9 Å². The topological polar surface area (TPSA) is 33.1 Å². The molecule has 20 heavy (non-hydrogen) atoms. The molecule has 0 unspecified atom stereocenters. The molecule has 0 bridgehead atoms. The molecule has 0 amide bonds. The van der Waals surface area contributed by atoms with Crippen LogP contribution in [-0.2, 0) is 0 Å². The maximum atomic E-state index is 9.26. The number of phenolic OH excluding ortho intramolecular Hbond substituents is 1. The Morgan fingerprint density at radius 3 is 2.55 bits per heavy atom. The van der Waals surface area contributed by atoms with Gasteiger partial charge in [0.1, 0.15) is 5.75 Å². The zero-order chi connectivity index (χ0) is 13.9. The van der Waals surface area contributed by atoms with Crippen molar-refractivity contribution in [3.63, 3.8) is 0 Å². The van der Waals surface area contributed by atoms with Crippen LogP contribution in [0.2, 0.25) is 5.02 Å². The number of pyridine rings is 1. The molecule has 2 aromatic carbocycles. The Bertz CT molecular complexity index is 779. The summed E-state index contributed by atoms with van der Waals surface area (Å²) in [4.78, 5) is 4.32. The van der Waals surface area contributed by atoms with Gasteiger partial charge in [-0.1, -0.05) is 42.0 Å². The van der Waals surface area contributed by atoms with Crippen molar-refractivity contribution in [2.75, 3.05) is 0 Å². The van der Waals surface area contributed by atoms with E-state index in [1.165, 1.54) is 0 Å². The number of benzene rings is 2. The number of fused-ring (bicyclic) bond motifs is 1. The number of phenols is 1. The van der Waals surface area contributed by atoms with Gasteiger partial charge in [0.2, 0.25) is 0 Å². The van der Waals surface area contributed by atoms with Gasteiger partial charge in [-0.15, -0.1) is 0 Å². The molecule has 1 heterocycles. The molecule has 1 aromatic heterocycles. The lowest BCUT2D eigenvalue weighted by atomic mass is 10.1. The van der Waals surface area contributed by atoms with Crippen LogP contribution in [0, 0.1) is 0 Å². The second kappa shape index (κ2) is 5.35. The first-order valence-electron chi connectivity index (χ1n) is 6.24. The van der Waals surface area contributed by atoms with Crippen LogP contribution in [0.3, 0.4) is 0 Å². The predicted molar refractivity (Wildman–Crippen MR) is 83.8 cm³/mol. The van der Waals surface area contributed by atoms with Crippen molar-refractivity contribution in [2.24, 2.45) is 0 Å². The van der Waals surface area contributed by atoms with Gasteiger partial charge in [0.25, 0.3) is 0 Å². The van der Waals surface area contributed by atoms with E-state index in [1.807, 2.05) is 48.6 Å². The molecule has 0 aliphatic carbocycles. The lowest BCUT2D eigenvalue weighted by Crippen LogP contribution is -1.82. The van der Waals surface area contributed by atoms with Gasteiger partial charge in [0.05, 0.1) is 5.52 Å². The minimum Gasteiger partial charge on any atom is -0.508 e. The Labute approximate surface area is 122 Å². The second-order valence-electron chi connectivity index (χ2n) is 4.49. The lowest BCUT2D eigenvalue weighted by Gasteiger charge is -2.02. The summed E-state index contributed by atoms with van der Waals surface area (Å²) in [5.74, 6) is 0.270. The van der Waals surface area contributed by atoms with E-state index in [4.69, 9.17) is 11.6 Å². The van der Waals surface area contributed by atoms with Crippen LogP contribution >= 0.6 is 11.6 Å². The van der Waals surface area contributed by atoms with E-state index >= 15 is 0 Å². The van der Waals surface area contributed by atoms with Gasteiger partial charge in [-0.3, -0.25) is 4.98 Å². The smallest absolute Gasteiger partial charge is 0.115 e. The molecule has 0 fully saturated rings. The minimum absolute atomic E-state index is 0.270. The van der Waals surface area contributed by atoms with Crippen LogP contribution in [0.15, 0.2) is 54.7 Å². The van der Waals surface area contributed by atoms with E-state index in [1.54, 1.807) is 18.3 Å². The predicted octanol–water partition coefficient (Wildman–Crippen LogP) is 4.76. The molecule has 3 heteroatoms. The molecule has 0 saturated carbocycles. The van der Waals surface area contributed by atoms with E-state index < -0.39 is 0 Å². The first-order valence-corrected chi connectivity index (χ1v) is 6.61. The molecule has 0 spiro atoms. The highest BCUT2D eigenvalue weighted by molar-refractivity contribution is 6.31. The molecule has 1 N–H and O–H groups in total. The first-order chi connectivity index (χ1) is 9.72. The highest BCUT2D eigenvalue weighted by Gasteiger charge is 2.00. The van der Waals surface area contributed by atoms with Crippen LogP contribution in [0.4, 0.5) is 0 Å². The number of hydrogen-bond acceptors (Lipinski definition) is 2. The van der Waals surface area contributed by atoms with Gasteiger partial charge in [0, 0.05) is 16.6 Å². The van der Waals surface area contributed by atoms with Crippen LogP contribution in [0.5, 0.6) is 5.75 Å². The molecule has 98 valence electrons. The lowest BCUT2D eigenvalue weighted by molar-refractivity contribution is 0.475. The summed E-state index contributed by atoms with van der Waals surface area (Å²) >= 11 is 5.98. The number of hydrogen-bond donors (Lipinski definition) is 1. The molecule has 3 aromatic rings. The Hall–Kier alpha value is -2.32. The van der Waals surface area contributed by atoms with Crippen LogP contribution in [0.1, 0.15) is 11.1 Å². The summed E-state index contributed by atoms with van der Waals surface area (Å²) in [5, 5.41) is 11.0. The summed E-state index contributed by atoms with van der Waals surface area (Å²) in [7, 11) is 0. The van der Waals surface area contributed by atoms with Gasteiger partial charge in [-0.2, -0.15) is 0 Å². The average Bonchev–Trinajstić information content (AvgIpc) is 2.46. The summed E-state index contributed by atoms with van der Waals surface area (Å²) < 4.78 is 0. The van der Waals surface area contributed by atoms with E-state index in [0.717, 1.165) is 22.0 Å². The summed E-state index contributed by atoms with van der Waals surface area (Å²) in [5.41, 5.74) is 2.99. The van der Waals surface area contributed by atoms with Crippen LogP contribution in [-0.4, -0.2) is 10.1 Å². The maximum absolute atomic E-state index is 9.26. The van der Waals surface area contributed by atoms with Gasteiger partial charge in [-0.25, -0.2) is 0 Å². The molecule has 2 nitrogen and oxygen atoms in total. The van der Waals surface area contributed by atoms with Crippen molar-refractivity contribution < 1.29 is 5.11 Å². The van der Waals surface area contributed by atoms with Crippen molar-refractivity contribution in [2.45, 2.75) is 0 Å². The monoisotopic (exact) mass is 281 g/mol. The quantitative estimate of drug-likeness (QED) is 0.734.